The van der Waals surface area contributed by atoms with Crippen LogP contribution in [0.1, 0.15) is 72.9 Å². The van der Waals surface area contributed by atoms with Crippen molar-refractivity contribution in [2.24, 2.45) is 5.92 Å². The molecule has 40 heavy (non-hydrogen) atoms. The number of aromatic nitrogens is 1. The molecule has 2 amide bonds. The summed E-state index contributed by atoms with van der Waals surface area (Å²) in [5, 5.41) is 3.44. The summed E-state index contributed by atoms with van der Waals surface area (Å²) < 4.78 is 17.8. The fourth-order valence-corrected chi connectivity index (χ4v) is 5.90. The molecule has 2 aromatic carbocycles. The maximum Gasteiger partial charge on any atom is 0.410 e. The molecular weight excluding hydrogens is 526 g/mol. The normalized spacial score (nSPS) is 15.4. The predicted octanol–water partition coefficient (Wildman–Crippen LogP) is 7.36. The molecule has 0 unspecified atom stereocenters. The molecule has 1 aliphatic heterocycles. The molecule has 1 saturated carbocycles. The van der Waals surface area contributed by atoms with Gasteiger partial charge in [0.1, 0.15) is 22.8 Å². The van der Waals surface area contributed by atoms with Crippen molar-refractivity contribution in [3.63, 3.8) is 0 Å². The van der Waals surface area contributed by atoms with Gasteiger partial charge in [0, 0.05) is 29.5 Å². The lowest BCUT2D eigenvalue weighted by molar-refractivity contribution is 0.0225. The molecule has 212 valence electrons. The molecule has 2 aliphatic rings. The SMILES string of the molecule is Cc1ccc(Oc2cc(OCC3CCCC3)cc(C(=O)Nc3nc4c(s3)CN(C(=O)OC(C)(C)C)CC4)c2)cc1. The first kappa shape index (κ1) is 28.0. The number of anilines is 1. The average molecular weight is 564 g/mol. The number of hydrogen-bond acceptors (Lipinski definition) is 7. The number of hydrogen-bond donors (Lipinski definition) is 1. The van der Waals surface area contributed by atoms with Gasteiger partial charge >= 0.3 is 6.09 Å². The van der Waals surface area contributed by atoms with E-state index in [2.05, 4.69) is 10.3 Å². The highest BCUT2D eigenvalue weighted by atomic mass is 32.1. The van der Waals surface area contributed by atoms with Gasteiger partial charge in [-0.15, -0.1) is 0 Å². The minimum absolute atomic E-state index is 0.296. The van der Waals surface area contributed by atoms with Gasteiger partial charge in [-0.25, -0.2) is 9.78 Å². The van der Waals surface area contributed by atoms with Crippen LogP contribution in [0, 0.1) is 12.8 Å². The third-order valence-corrected chi connectivity index (χ3v) is 7.96. The van der Waals surface area contributed by atoms with Gasteiger partial charge < -0.3 is 19.1 Å². The van der Waals surface area contributed by atoms with E-state index in [-0.39, 0.29) is 12.0 Å². The topological polar surface area (TPSA) is 90.0 Å². The number of nitrogens with zero attached hydrogens (tertiary/aromatic N) is 2. The van der Waals surface area contributed by atoms with Gasteiger partial charge in [-0.1, -0.05) is 41.9 Å². The van der Waals surface area contributed by atoms with Gasteiger partial charge in [-0.2, -0.15) is 0 Å². The van der Waals surface area contributed by atoms with Crippen molar-refractivity contribution in [3.8, 4) is 17.2 Å². The molecule has 2 heterocycles. The van der Waals surface area contributed by atoms with Gasteiger partial charge in [0.2, 0.25) is 0 Å². The van der Waals surface area contributed by atoms with Gasteiger partial charge in [0.25, 0.3) is 5.91 Å². The minimum Gasteiger partial charge on any atom is -0.493 e. The summed E-state index contributed by atoms with van der Waals surface area (Å²) >= 11 is 1.38. The van der Waals surface area contributed by atoms with E-state index < -0.39 is 5.60 Å². The highest BCUT2D eigenvalue weighted by Gasteiger charge is 2.28. The van der Waals surface area contributed by atoms with E-state index in [0.29, 0.717) is 60.0 Å². The fourth-order valence-electron chi connectivity index (χ4n) is 4.88. The third-order valence-electron chi connectivity index (χ3n) is 6.96. The molecule has 3 aromatic rings. The van der Waals surface area contributed by atoms with Crippen LogP contribution in [0.4, 0.5) is 9.93 Å². The molecule has 1 N–H and O–H groups in total. The Labute approximate surface area is 239 Å². The van der Waals surface area contributed by atoms with Gasteiger partial charge in [-0.05, 0) is 70.7 Å². The highest BCUT2D eigenvalue weighted by molar-refractivity contribution is 7.15. The molecule has 8 nitrogen and oxygen atoms in total. The molecule has 5 rings (SSSR count). The monoisotopic (exact) mass is 563 g/mol. The van der Waals surface area contributed by atoms with Crippen LogP contribution in [0.2, 0.25) is 0 Å². The zero-order chi connectivity index (χ0) is 28.3. The van der Waals surface area contributed by atoms with Crippen LogP contribution in [0.5, 0.6) is 17.2 Å². The van der Waals surface area contributed by atoms with Gasteiger partial charge in [0.15, 0.2) is 5.13 Å². The molecule has 0 bridgehead atoms. The van der Waals surface area contributed by atoms with Gasteiger partial charge in [0.05, 0.1) is 18.8 Å². The Morgan fingerprint density at radius 2 is 1.77 bits per heavy atom. The number of aryl methyl sites for hydroxylation is 1. The third kappa shape index (κ3) is 7.33. The van der Waals surface area contributed by atoms with Crippen molar-refractivity contribution in [1.29, 1.82) is 0 Å². The van der Waals surface area contributed by atoms with E-state index in [1.807, 2.05) is 58.0 Å². The van der Waals surface area contributed by atoms with E-state index in [1.54, 1.807) is 17.0 Å². The van der Waals surface area contributed by atoms with Gasteiger partial charge in [-0.3, -0.25) is 10.1 Å². The molecule has 1 fully saturated rings. The Balaban J connectivity index is 1.30. The highest BCUT2D eigenvalue weighted by Crippen LogP contribution is 2.32. The van der Waals surface area contributed by atoms with Crippen LogP contribution in [0.15, 0.2) is 42.5 Å². The zero-order valence-corrected chi connectivity index (χ0v) is 24.4. The molecule has 1 aliphatic carbocycles. The Bertz CT molecular complexity index is 1360. The second kappa shape index (κ2) is 11.9. The first-order valence-electron chi connectivity index (χ1n) is 13.9. The van der Waals surface area contributed by atoms with Crippen LogP contribution < -0.4 is 14.8 Å². The summed E-state index contributed by atoms with van der Waals surface area (Å²) in [6, 6.07) is 13.1. The summed E-state index contributed by atoms with van der Waals surface area (Å²) in [7, 11) is 0. The van der Waals surface area contributed by atoms with Crippen LogP contribution in [0.3, 0.4) is 0 Å². The number of ether oxygens (including phenoxy) is 3. The molecule has 0 atom stereocenters. The van der Waals surface area contributed by atoms with Crippen LogP contribution in [-0.4, -0.2) is 40.6 Å². The Kier molecular flexibility index (Phi) is 8.30. The second-order valence-electron chi connectivity index (χ2n) is 11.6. The first-order valence-corrected chi connectivity index (χ1v) is 14.7. The summed E-state index contributed by atoms with van der Waals surface area (Å²) in [4.78, 5) is 33.2. The average Bonchev–Trinajstić information content (AvgIpc) is 3.57. The number of fused-ring (bicyclic) bond motifs is 1. The zero-order valence-electron chi connectivity index (χ0n) is 23.6. The lowest BCUT2D eigenvalue weighted by atomic mass is 10.1. The standard InChI is InChI=1S/C31H37N3O5S/c1-20-9-11-23(12-10-20)38-25-16-22(15-24(17-25)37-19-21-7-5-6-8-21)28(35)33-29-32-26-13-14-34(18-27(26)40-29)30(36)39-31(2,3)4/h9-12,15-17,21H,5-8,13-14,18-19H2,1-4H3,(H,32,33,35). The van der Waals surface area contributed by atoms with E-state index in [0.717, 1.165) is 16.1 Å². The molecule has 0 radical (unpaired) electrons. The van der Waals surface area contributed by atoms with E-state index in [1.165, 1.54) is 37.0 Å². The van der Waals surface area contributed by atoms with Crippen molar-refractivity contribution < 1.29 is 23.8 Å². The number of rotatable bonds is 7. The van der Waals surface area contributed by atoms with E-state index in [4.69, 9.17) is 14.2 Å². The number of nitrogens with one attached hydrogen (secondary N) is 1. The van der Waals surface area contributed by atoms with Crippen molar-refractivity contribution in [3.05, 3.63) is 64.2 Å². The summed E-state index contributed by atoms with van der Waals surface area (Å²) in [5.41, 5.74) is 1.91. The minimum atomic E-state index is -0.554. The maximum absolute atomic E-state index is 13.4. The number of amides is 2. The smallest absolute Gasteiger partial charge is 0.410 e. The Hall–Kier alpha value is -3.59. The fraction of sp³-hybridized carbons (Fsp3) is 0.452. The summed E-state index contributed by atoms with van der Waals surface area (Å²) in [5.74, 6) is 2.07. The number of thiazole rings is 1. The largest absolute Gasteiger partial charge is 0.493 e. The molecule has 0 saturated heterocycles. The molecule has 1 aromatic heterocycles. The quantitative estimate of drug-likeness (QED) is 0.323. The van der Waals surface area contributed by atoms with Crippen molar-refractivity contribution >= 4 is 28.5 Å². The Morgan fingerprint density at radius 3 is 2.50 bits per heavy atom. The summed E-state index contributed by atoms with van der Waals surface area (Å²) in [6.07, 6.45) is 5.10. The molecule has 9 heteroatoms. The maximum atomic E-state index is 13.4. The Morgan fingerprint density at radius 1 is 1.05 bits per heavy atom. The van der Waals surface area contributed by atoms with Crippen molar-refractivity contribution in [2.45, 2.75) is 71.9 Å². The van der Waals surface area contributed by atoms with Crippen LogP contribution in [-0.2, 0) is 17.7 Å². The van der Waals surface area contributed by atoms with Crippen molar-refractivity contribution in [2.75, 3.05) is 18.5 Å². The number of benzene rings is 2. The number of carbonyl (C=O) groups is 2. The lowest BCUT2D eigenvalue weighted by Crippen LogP contribution is -2.39. The van der Waals surface area contributed by atoms with Crippen molar-refractivity contribution in [1.82, 2.24) is 9.88 Å². The van der Waals surface area contributed by atoms with E-state index >= 15 is 0 Å². The lowest BCUT2D eigenvalue weighted by Gasteiger charge is -2.29. The van der Waals surface area contributed by atoms with Crippen LogP contribution in [0.25, 0.3) is 0 Å². The molecule has 0 spiro atoms. The summed E-state index contributed by atoms with van der Waals surface area (Å²) in [6.45, 7) is 9.15. The molecular formula is C31H37N3O5S. The van der Waals surface area contributed by atoms with Crippen LogP contribution >= 0.6 is 11.3 Å². The first-order chi connectivity index (χ1) is 19.1. The predicted molar refractivity (Wildman–Crippen MR) is 156 cm³/mol. The van der Waals surface area contributed by atoms with E-state index in [9.17, 15) is 9.59 Å². The number of carbonyl (C=O) groups excluding carboxylic acids is 2. The second-order valence-corrected chi connectivity index (χ2v) is 12.6.